The first kappa shape index (κ1) is 14.8. The zero-order chi connectivity index (χ0) is 15.6. The van der Waals surface area contributed by atoms with Gasteiger partial charge in [0.2, 0.25) is 0 Å². The van der Waals surface area contributed by atoms with Gasteiger partial charge in [0.05, 0.1) is 10.5 Å². The standard InChI is InChI=1S/C13H10F3N3O2/c1-18(10-3-5-11(6-4-10)19(20)21)12-7-2-9(8-17-12)13(14,15)16/h2-8H,1H3. The van der Waals surface area contributed by atoms with E-state index in [4.69, 9.17) is 0 Å². The van der Waals surface area contributed by atoms with Gasteiger partial charge in [0.25, 0.3) is 5.69 Å². The van der Waals surface area contributed by atoms with E-state index in [9.17, 15) is 23.3 Å². The molecule has 2 aromatic rings. The SMILES string of the molecule is CN(c1ccc([N+](=O)[O-])cc1)c1ccc(C(F)(F)F)cn1. The zero-order valence-electron chi connectivity index (χ0n) is 10.8. The third kappa shape index (κ3) is 3.28. The molecule has 2 rings (SSSR count). The molecule has 0 unspecified atom stereocenters. The maximum Gasteiger partial charge on any atom is 0.417 e. The molecule has 0 aliphatic carbocycles. The molecule has 1 aromatic heterocycles. The van der Waals surface area contributed by atoms with Gasteiger partial charge in [0.15, 0.2) is 0 Å². The molecule has 0 saturated carbocycles. The molecule has 0 spiro atoms. The van der Waals surface area contributed by atoms with Crippen LogP contribution in [0.3, 0.4) is 0 Å². The van der Waals surface area contributed by atoms with Gasteiger partial charge >= 0.3 is 6.18 Å². The number of alkyl halides is 3. The first-order chi connectivity index (χ1) is 9.79. The summed E-state index contributed by atoms with van der Waals surface area (Å²) in [5.74, 6) is 0.303. The van der Waals surface area contributed by atoms with Crippen LogP contribution in [0.1, 0.15) is 5.56 Å². The van der Waals surface area contributed by atoms with Crippen LogP contribution in [0, 0.1) is 10.1 Å². The molecule has 0 aliphatic heterocycles. The van der Waals surface area contributed by atoms with E-state index in [2.05, 4.69) is 4.98 Å². The van der Waals surface area contributed by atoms with Gasteiger partial charge in [-0.1, -0.05) is 0 Å². The average Bonchev–Trinajstić information content (AvgIpc) is 2.46. The van der Waals surface area contributed by atoms with Gasteiger partial charge in [-0.15, -0.1) is 0 Å². The lowest BCUT2D eigenvalue weighted by Gasteiger charge is -2.18. The van der Waals surface area contributed by atoms with Crippen molar-refractivity contribution in [3.63, 3.8) is 0 Å². The minimum absolute atomic E-state index is 0.0625. The normalized spacial score (nSPS) is 11.2. The van der Waals surface area contributed by atoms with Crippen LogP contribution >= 0.6 is 0 Å². The molecule has 0 bridgehead atoms. The number of nitro groups is 1. The lowest BCUT2D eigenvalue weighted by atomic mass is 10.2. The summed E-state index contributed by atoms with van der Waals surface area (Å²) in [6.07, 6.45) is -3.69. The van der Waals surface area contributed by atoms with Gasteiger partial charge in [-0.3, -0.25) is 10.1 Å². The van der Waals surface area contributed by atoms with E-state index in [1.165, 1.54) is 35.2 Å². The summed E-state index contributed by atoms with van der Waals surface area (Å²) in [5, 5.41) is 10.6. The van der Waals surface area contributed by atoms with Crippen LogP contribution in [-0.4, -0.2) is 17.0 Å². The lowest BCUT2D eigenvalue weighted by molar-refractivity contribution is -0.384. The van der Waals surface area contributed by atoms with Crippen molar-refractivity contribution >= 4 is 17.2 Å². The Bertz CT molecular complexity index is 639. The van der Waals surface area contributed by atoms with E-state index >= 15 is 0 Å². The second-order valence-electron chi connectivity index (χ2n) is 4.24. The predicted octanol–water partition coefficient (Wildman–Crippen LogP) is 3.78. The van der Waals surface area contributed by atoms with Gasteiger partial charge in [-0.05, 0) is 24.3 Å². The van der Waals surface area contributed by atoms with Crippen molar-refractivity contribution in [2.24, 2.45) is 0 Å². The molecular formula is C13H10F3N3O2. The second-order valence-corrected chi connectivity index (χ2v) is 4.24. The first-order valence-corrected chi connectivity index (χ1v) is 5.80. The van der Waals surface area contributed by atoms with Crippen LogP contribution in [0.2, 0.25) is 0 Å². The fraction of sp³-hybridized carbons (Fsp3) is 0.154. The van der Waals surface area contributed by atoms with E-state index < -0.39 is 16.7 Å². The highest BCUT2D eigenvalue weighted by Gasteiger charge is 2.30. The topological polar surface area (TPSA) is 59.3 Å². The molecule has 0 atom stereocenters. The van der Waals surface area contributed by atoms with Crippen molar-refractivity contribution in [1.82, 2.24) is 4.98 Å². The fourth-order valence-corrected chi connectivity index (χ4v) is 1.68. The maximum atomic E-state index is 12.4. The van der Waals surface area contributed by atoms with Gasteiger partial charge in [0.1, 0.15) is 5.82 Å². The molecule has 0 N–H and O–H groups in total. The summed E-state index contributed by atoms with van der Waals surface area (Å²) < 4.78 is 37.3. The molecule has 110 valence electrons. The number of rotatable bonds is 3. The largest absolute Gasteiger partial charge is 0.417 e. The summed E-state index contributed by atoms with van der Waals surface area (Å²) in [7, 11) is 1.61. The third-order valence-corrected chi connectivity index (χ3v) is 2.87. The first-order valence-electron chi connectivity index (χ1n) is 5.80. The van der Waals surface area contributed by atoms with Crippen molar-refractivity contribution in [1.29, 1.82) is 0 Å². The molecular weight excluding hydrogens is 287 g/mol. The highest BCUT2D eigenvalue weighted by Crippen LogP contribution is 2.30. The van der Waals surface area contributed by atoms with Crippen molar-refractivity contribution in [2.75, 3.05) is 11.9 Å². The number of aromatic nitrogens is 1. The van der Waals surface area contributed by atoms with Gasteiger partial charge in [-0.2, -0.15) is 13.2 Å². The smallest absolute Gasteiger partial charge is 0.329 e. The molecule has 1 heterocycles. The number of halogens is 3. The fourth-order valence-electron chi connectivity index (χ4n) is 1.68. The number of hydrogen-bond donors (Lipinski definition) is 0. The Hall–Kier alpha value is -2.64. The Balaban J connectivity index is 2.23. The lowest BCUT2D eigenvalue weighted by Crippen LogP contribution is -2.12. The highest BCUT2D eigenvalue weighted by molar-refractivity contribution is 5.60. The molecule has 0 radical (unpaired) electrons. The number of hydrogen-bond acceptors (Lipinski definition) is 4. The monoisotopic (exact) mass is 297 g/mol. The van der Waals surface area contributed by atoms with Crippen molar-refractivity contribution < 1.29 is 18.1 Å². The molecule has 0 fully saturated rings. The van der Waals surface area contributed by atoms with Gasteiger partial charge in [-0.25, -0.2) is 4.98 Å². The second kappa shape index (κ2) is 5.39. The number of benzene rings is 1. The predicted molar refractivity (Wildman–Crippen MR) is 70.4 cm³/mol. The minimum Gasteiger partial charge on any atom is -0.329 e. The van der Waals surface area contributed by atoms with Crippen LogP contribution in [0.25, 0.3) is 0 Å². The number of nitrogens with zero attached hydrogens (tertiary/aromatic N) is 3. The van der Waals surface area contributed by atoms with Crippen LogP contribution in [0.15, 0.2) is 42.6 Å². The number of nitro benzene ring substituents is 1. The molecule has 0 amide bonds. The van der Waals surface area contributed by atoms with E-state index in [1.807, 2.05) is 0 Å². The molecule has 8 heteroatoms. The Kier molecular flexibility index (Phi) is 3.79. The summed E-state index contributed by atoms with van der Waals surface area (Å²) in [5.41, 5.74) is -0.316. The molecule has 1 aromatic carbocycles. The highest BCUT2D eigenvalue weighted by atomic mass is 19.4. The number of non-ortho nitro benzene ring substituents is 1. The minimum atomic E-state index is -4.43. The number of pyridine rings is 1. The van der Waals surface area contributed by atoms with Crippen LogP contribution in [-0.2, 0) is 6.18 Å². The molecule has 0 saturated heterocycles. The Morgan fingerprint density at radius 2 is 1.76 bits per heavy atom. The molecule has 5 nitrogen and oxygen atoms in total. The van der Waals surface area contributed by atoms with Gasteiger partial charge < -0.3 is 4.90 Å². The van der Waals surface area contributed by atoms with Crippen LogP contribution in [0.4, 0.5) is 30.4 Å². The molecule has 0 aliphatic rings. The van der Waals surface area contributed by atoms with Crippen LogP contribution < -0.4 is 4.90 Å². The summed E-state index contributed by atoms with van der Waals surface area (Å²) in [4.78, 5) is 15.3. The Morgan fingerprint density at radius 1 is 1.14 bits per heavy atom. The Morgan fingerprint density at radius 3 is 2.19 bits per heavy atom. The average molecular weight is 297 g/mol. The van der Waals surface area contributed by atoms with Crippen LogP contribution in [0.5, 0.6) is 0 Å². The van der Waals surface area contributed by atoms with E-state index in [1.54, 1.807) is 7.05 Å². The van der Waals surface area contributed by atoms with Crippen molar-refractivity contribution in [3.05, 3.63) is 58.3 Å². The maximum absolute atomic E-state index is 12.4. The molecule has 21 heavy (non-hydrogen) atoms. The summed E-state index contributed by atoms with van der Waals surface area (Å²) >= 11 is 0. The van der Waals surface area contributed by atoms with E-state index in [0.29, 0.717) is 11.5 Å². The Labute approximate surface area is 117 Å². The van der Waals surface area contributed by atoms with Crippen molar-refractivity contribution in [2.45, 2.75) is 6.18 Å². The zero-order valence-corrected chi connectivity index (χ0v) is 10.8. The van der Waals surface area contributed by atoms with Gasteiger partial charge in [0, 0.05) is 31.1 Å². The summed E-state index contributed by atoms with van der Waals surface area (Å²) in [6.45, 7) is 0. The quantitative estimate of drug-likeness (QED) is 0.639. The third-order valence-electron chi connectivity index (χ3n) is 2.87. The van der Waals surface area contributed by atoms with Crippen molar-refractivity contribution in [3.8, 4) is 0 Å². The van der Waals surface area contributed by atoms with E-state index in [0.717, 1.165) is 12.3 Å². The van der Waals surface area contributed by atoms with E-state index in [-0.39, 0.29) is 5.69 Å². The summed E-state index contributed by atoms with van der Waals surface area (Å²) in [6, 6.07) is 7.80. The number of anilines is 2.